The molecule has 6 nitrogen and oxygen atoms in total. The van der Waals surface area contributed by atoms with Gasteiger partial charge in [0.1, 0.15) is 5.75 Å². The Morgan fingerprint density at radius 1 is 0.963 bits per heavy atom. The first-order chi connectivity index (χ1) is 13.0. The number of piperazine rings is 1. The fraction of sp³-hybridized carbons (Fsp3) is 0.350. The van der Waals surface area contributed by atoms with Gasteiger partial charge in [0, 0.05) is 38.3 Å². The number of rotatable bonds is 6. The molecule has 0 spiro atoms. The van der Waals surface area contributed by atoms with Crippen LogP contribution in [0.5, 0.6) is 5.75 Å². The average molecular weight is 388 g/mol. The van der Waals surface area contributed by atoms with Gasteiger partial charge in [0.15, 0.2) is 9.84 Å². The third kappa shape index (κ3) is 4.80. The van der Waals surface area contributed by atoms with Crippen LogP contribution >= 0.6 is 0 Å². The van der Waals surface area contributed by atoms with Crippen molar-refractivity contribution in [3.05, 3.63) is 54.6 Å². The van der Waals surface area contributed by atoms with Gasteiger partial charge in [0.2, 0.25) is 5.91 Å². The summed E-state index contributed by atoms with van der Waals surface area (Å²) in [4.78, 5) is 16.6. The maximum Gasteiger partial charge on any atom is 0.223 e. The largest absolute Gasteiger partial charge is 0.497 e. The monoisotopic (exact) mass is 388 g/mol. The minimum absolute atomic E-state index is 0.000298. The number of hydrogen-bond acceptors (Lipinski definition) is 5. The number of benzene rings is 2. The SMILES string of the molecule is COc1ccc(S(=O)(=O)CCC(=O)N2CCN(c3ccccc3)CC2)cc1. The van der Waals surface area contributed by atoms with E-state index in [9.17, 15) is 13.2 Å². The molecule has 0 bridgehead atoms. The van der Waals surface area contributed by atoms with Crippen molar-refractivity contribution >= 4 is 21.4 Å². The summed E-state index contributed by atoms with van der Waals surface area (Å²) in [5.41, 5.74) is 1.15. The number of anilines is 1. The molecule has 0 atom stereocenters. The van der Waals surface area contributed by atoms with Crippen LogP contribution in [0.4, 0.5) is 5.69 Å². The van der Waals surface area contributed by atoms with Crippen LogP contribution in [0.1, 0.15) is 6.42 Å². The van der Waals surface area contributed by atoms with Crippen molar-refractivity contribution in [2.24, 2.45) is 0 Å². The van der Waals surface area contributed by atoms with Crippen LogP contribution in [-0.4, -0.2) is 58.3 Å². The van der Waals surface area contributed by atoms with Crippen molar-refractivity contribution < 1.29 is 17.9 Å². The highest BCUT2D eigenvalue weighted by Gasteiger charge is 2.23. The molecule has 3 rings (SSSR count). The molecule has 144 valence electrons. The molecule has 7 heteroatoms. The molecule has 27 heavy (non-hydrogen) atoms. The Labute approximate surface area is 160 Å². The zero-order valence-corrected chi connectivity index (χ0v) is 16.2. The normalized spacial score (nSPS) is 14.9. The van der Waals surface area contributed by atoms with E-state index in [-0.39, 0.29) is 23.0 Å². The molecule has 0 aliphatic carbocycles. The van der Waals surface area contributed by atoms with Gasteiger partial charge in [-0.2, -0.15) is 0 Å². The summed E-state index contributed by atoms with van der Waals surface area (Å²) in [6.45, 7) is 2.72. The third-order valence-corrected chi connectivity index (χ3v) is 6.49. The van der Waals surface area contributed by atoms with Gasteiger partial charge in [-0.05, 0) is 36.4 Å². The van der Waals surface area contributed by atoms with E-state index in [4.69, 9.17) is 4.74 Å². The van der Waals surface area contributed by atoms with Crippen molar-refractivity contribution in [3.63, 3.8) is 0 Å². The summed E-state index contributed by atoms with van der Waals surface area (Å²) in [5, 5.41) is 0. The lowest BCUT2D eigenvalue weighted by atomic mass is 10.2. The summed E-state index contributed by atoms with van der Waals surface area (Å²) in [6.07, 6.45) is -0.000298. The zero-order valence-electron chi connectivity index (χ0n) is 15.4. The quantitative estimate of drug-likeness (QED) is 0.759. The van der Waals surface area contributed by atoms with Crippen LogP contribution in [0.25, 0.3) is 0 Å². The van der Waals surface area contributed by atoms with E-state index in [0.29, 0.717) is 18.8 Å². The molecule has 2 aromatic carbocycles. The molecule has 1 amide bonds. The Kier molecular flexibility index (Phi) is 6.01. The Morgan fingerprint density at radius 2 is 1.59 bits per heavy atom. The minimum Gasteiger partial charge on any atom is -0.497 e. The van der Waals surface area contributed by atoms with Crippen LogP contribution < -0.4 is 9.64 Å². The molecule has 1 aliphatic rings. The van der Waals surface area contributed by atoms with E-state index < -0.39 is 9.84 Å². The summed E-state index contributed by atoms with van der Waals surface area (Å²) >= 11 is 0. The first kappa shape index (κ1) is 19.2. The van der Waals surface area contributed by atoms with Gasteiger partial charge in [-0.25, -0.2) is 8.42 Å². The summed E-state index contributed by atoms with van der Waals surface area (Å²) in [7, 11) is -1.96. The summed E-state index contributed by atoms with van der Waals surface area (Å²) in [6, 6.07) is 16.3. The molecule has 1 heterocycles. The van der Waals surface area contributed by atoms with E-state index in [1.807, 2.05) is 18.2 Å². The van der Waals surface area contributed by atoms with Gasteiger partial charge in [-0.1, -0.05) is 18.2 Å². The predicted molar refractivity (Wildman–Crippen MR) is 105 cm³/mol. The van der Waals surface area contributed by atoms with Gasteiger partial charge >= 0.3 is 0 Å². The Morgan fingerprint density at radius 3 is 2.19 bits per heavy atom. The molecule has 0 N–H and O–H groups in total. The van der Waals surface area contributed by atoms with E-state index in [1.165, 1.54) is 19.2 Å². The fourth-order valence-electron chi connectivity index (χ4n) is 3.13. The number of para-hydroxylation sites is 1. The number of nitrogens with zero attached hydrogens (tertiary/aromatic N) is 2. The molecule has 1 fully saturated rings. The lowest BCUT2D eigenvalue weighted by Gasteiger charge is -2.36. The van der Waals surface area contributed by atoms with Crippen molar-refractivity contribution in [1.29, 1.82) is 0 Å². The Balaban J connectivity index is 1.52. The Hall–Kier alpha value is -2.54. The molecule has 0 unspecified atom stereocenters. The fourth-order valence-corrected chi connectivity index (χ4v) is 4.36. The minimum atomic E-state index is -3.49. The van der Waals surface area contributed by atoms with Crippen molar-refractivity contribution in [2.75, 3.05) is 43.9 Å². The van der Waals surface area contributed by atoms with E-state index in [0.717, 1.165) is 18.8 Å². The van der Waals surface area contributed by atoms with E-state index >= 15 is 0 Å². The second-order valence-corrected chi connectivity index (χ2v) is 8.56. The van der Waals surface area contributed by atoms with Crippen LogP contribution in [-0.2, 0) is 14.6 Å². The molecule has 1 aliphatic heterocycles. The number of amides is 1. The second-order valence-electron chi connectivity index (χ2n) is 6.45. The standard InChI is InChI=1S/C20H24N2O4S/c1-26-18-7-9-19(10-8-18)27(24,25)16-11-20(23)22-14-12-21(13-15-22)17-5-3-2-4-6-17/h2-10H,11-16H2,1H3. The molecule has 0 saturated carbocycles. The number of ether oxygens (including phenoxy) is 1. The first-order valence-electron chi connectivity index (χ1n) is 8.94. The van der Waals surface area contributed by atoms with Crippen LogP contribution in [0.15, 0.2) is 59.5 Å². The number of hydrogen-bond donors (Lipinski definition) is 0. The molecular formula is C20H24N2O4S. The number of carbonyl (C=O) groups excluding carboxylic acids is 1. The second kappa shape index (κ2) is 8.43. The number of carbonyl (C=O) groups is 1. The highest BCUT2D eigenvalue weighted by Crippen LogP contribution is 2.19. The predicted octanol–water partition coefficient (Wildman–Crippen LogP) is 2.21. The van der Waals surface area contributed by atoms with Gasteiger partial charge in [0.25, 0.3) is 0 Å². The molecule has 1 saturated heterocycles. The van der Waals surface area contributed by atoms with Gasteiger partial charge < -0.3 is 14.5 Å². The molecule has 0 aromatic heterocycles. The number of methoxy groups -OCH3 is 1. The van der Waals surface area contributed by atoms with Crippen molar-refractivity contribution in [2.45, 2.75) is 11.3 Å². The average Bonchev–Trinajstić information content (AvgIpc) is 2.73. The third-order valence-electron chi connectivity index (χ3n) is 4.76. The summed E-state index contributed by atoms with van der Waals surface area (Å²) < 4.78 is 29.9. The lowest BCUT2D eigenvalue weighted by molar-refractivity contribution is -0.131. The smallest absolute Gasteiger partial charge is 0.223 e. The topological polar surface area (TPSA) is 66.9 Å². The van der Waals surface area contributed by atoms with Crippen LogP contribution in [0, 0.1) is 0 Å². The summed E-state index contributed by atoms with van der Waals surface area (Å²) in [5.74, 6) is 0.304. The van der Waals surface area contributed by atoms with Crippen molar-refractivity contribution in [1.82, 2.24) is 4.90 Å². The highest BCUT2D eigenvalue weighted by atomic mass is 32.2. The highest BCUT2D eigenvalue weighted by molar-refractivity contribution is 7.91. The van der Waals surface area contributed by atoms with Gasteiger partial charge in [-0.3, -0.25) is 4.79 Å². The number of sulfone groups is 1. The van der Waals surface area contributed by atoms with E-state index in [1.54, 1.807) is 17.0 Å². The van der Waals surface area contributed by atoms with Gasteiger partial charge in [-0.15, -0.1) is 0 Å². The van der Waals surface area contributed by atoms with Crippen LogP contribution in [0.3, 0.4) is 0 Å². The molecule has 0 radical (unpaired) electrons. The maximum atomic E-state index is 12.4. The first-order valence-corrected chi connectivity index (χ1v) is 10.6. The zero-order chi connectivity index (χ0) is 19.3. The Bertz CT molecular complexity index is 859. The van der Waals surface area contributed by atoms with Crippen LogP contribution in [0.2, 0.25) is 0 Å². The molecule has 2 aromatic rings. The van der Waals surface area contributed by atoms with E-state index in [2.05, 4.69) is 17.0 Å². The molecular weight excluding hydrogens is 364 g/mol. The maximum absolute atomic E-state index is 12.4. The van der Waals surface area contributed by atoms with Gasteiger partial charge in [0.05, 0.1) is 17.8 Å². The van der Waals surface area contributed by atoms with Crippen molar-refractivity contribution in [3.8, 4) is 5.75 Å². The lowest BCUT2D eigenvalue weighted by Crippen LogP contribution is -2.49.